The average Bonchev–Trinajstić information content (AvgIpc) is 2.67. The van der Waals surface area contributed by atoms with E-state index >= 15 is 0 Å². The molecule has 148 valence electrons. The Balaban J connectivity index is 1.48. The van der Waals surface area contributed by atoms with Crippen molar-refractivity contribution in [2.75, 3.05) is 64.3 Å². The Bertz CT molecular complexity index is 705. The molecular weight excluding hydrogens is 415 g/mol. The second-order valence-corrected chi connectivity index (χ2v) is 7.65. The molecule has 2 fully saturated rings. The third kappa shape index (κ3) is 5.39. The van der Waals surface area contributed by atoms with Crippen LogP contribution in [0.3, 0.4) is 0 Å². The minimum Gasteiger partial charge on any atom is -0.378 e. The SMILES string of the molecule is O=C(CN1CCN(C(=O)Nc2cc(Cl)c(Cl)cc2Cl)CC1)N1CCOCC1. The summed E-state index contributed by atoms with van der Waals surface area (Å²) in [7, 11) is 0. The summed E-state index contributed by atoms with van der Waals surface area (Å²) in [6.07, 6.45) is 0. The predicted molar refractivity (Wildman–Crippen MR) is 106 cm³/mol. The van der Waals surface area contributed by atoms with Crippen LogP contribution in [0.25, 0.3) is 0 Å². The lowest BCUT2D eigenvalue weighted by Gasteiger charge is -2.36. The summed E-state index contributed by atoms with van der Waals surface area (Å²) < 4.78 is 5.27. The lowest BCUT2D eigenvalue weighted by molar-refractivity contribution is -0.136. The van der Waals surface area contributed by atoms with E-state index in [2.05, 4.69) is 10.2 Å². The summed E-state index contributed by atoms with van der Waals surface area (Å²) in [5, 5.41) is 3.74. The number of morpholine rings is 1. The average molecular weight is 436 g/mol. The van der Waals surface area contributed by atoms with Crippen LogP contribution >= 0.6 is 34.8 Å². The van der Waals surface area contributed by atoms with Gasteiger partial charge in [-0.25, -0.2) is 4.79 Å². The van der Waals surface area contributed by atoms with E-state index in [-0.39, 0.29) is 11.9 Å². The number of piperazine rings is 1. The lowest BCUT2D eigenvalue weighted by atomic mass is 10.3. The van der Waals surface area contributed by atoms with Gasteiger partial charge in [-0.2, -0.15) is 0 Å². The van der Waals surface area contributed by atoms with E-state index in [1.807, 2.05) is 4.90 Å². The van der Waals surface area contributed by atoms with E-state index in [1.165, 1.54) is 12.1 Å². The monoisotopic (exact) mass is 434 g/mol. The summed E-state index contributed by atoms with van der Waals surface area (Å²) in [6.45, 7) is 5.18. The zero-order valence-electron chi connectivity index (χ0n) is 14.7. The van der Waals surface area contributed by atoms with E-state index in [0.29, 0.717) is 79.8 Å². The van der Waals surface area contributed by atoms with Gasteiger partial charge in [0.25, 0.3) is 0 Å². The van der Waals surface area contributed by atoms with Crippen molar-refractivity contribution in [1.82, 2.24) is 14.7 Å². The second kappa shape index (κ2) is 9.30. The fourth-order valence-corrected chi connectivity index (χ4v) is 3.62. The van der Waals surface area contributed by atoms with Crippen molar-refractivity contribution in [3.05, 3.63) is 27.2 Å². The third-order valence-electron chi connectivity index (χ3n) is 4.63. The fourth-order valence-electron chi connectivity index (χ4n) is 3.03. The molecule has 1 aromatic rings. The fraction of sp³-hybridized carbons (Fsp3) is 0.529. The van der Waals surface area contributed by atoms with Gasteiger partial charge in [0.05, 0.1) is 40.5 Å². The first-order valence-electron chi connectivity index (χ1n) is 8.72. The van der Waals surface area contributed by atoms with Crippen molar-refractivity contribution in [3.8, 4) is 0 Å². The van der Waals surface area contributed by atoms with Gasteiger partial charge < -0.3 is 19.9 Å². The minimum absolute atomic E-state index is 0.110. The van der Waals surface area contributed by atoms with Gasteiger partial charge in [-0.3, -0.25) is 9.69 Å². The molecule has 0 radical (unpaired) electrons. The first-order chi connectivity index (χ1) is 12.9. The van der Waals surface area contributed by atoms with Crippen LogP contribution in [-0.2, 0) is 9.53 Å². The maximum absolute atomic E-state index is 12.5. The number of nitrogens with one attached hydrogen (secondary N) is 1. The van der Waals surface area contributed by atoms with E-state index in [0.717, 1.165) is 0 Å². The van der Waals surface area contributed by atoms with Crippen molar-refractivity contribution < 1.29 is 14.3 Å². The summed E-state index contributed by atoms with van der Waals surface area (Å²) in [4.78, 5) is 30.4. The number of hydrogen-bond acceptors (Lipinski definition) is 4. The molecule has 27 heavy (non-hydrogen) atoms. The molecule has 0 aliphatic carbocycles. The number of rotatable bonds is 3. The molecule has 2 heterocycles. The Morgan fingerprint density at radius 3 is 2.19 bits per heavy atom. The smallest absolute Gasteiger partial charge is 0.321 e. The Morgan fingerprint density at radius 1 is 0.889 bits per heavy atom. The Kier molecular flexibility index (Phi) is 7.05. The summed E-state index contributed by atoms with van der Waals surface area (Å²) in [6, 6.07) is 2.77. The number of hydrogen-bond donors (Lipinski definition) is 1. The number of anilines is 1. The number of nitrogens with zero attached hydrogens (tertiary/aromatic N) is 3. The van der Waals surface area contributed by atoms with Crippen molar-refractivity contribution in [2.24, 2.45) is 0 Å². The number of amides is 3. The highest BCUT2D eigenvalue weighted by Crippen LogP contribution is 2.32. The standard InChI is InChI=1S/C17H21Cl3N4O3/c18-12-9-14(20)15(10-13(12)19)21-17(26)24-3-1-22(2-4-24)11-16(25)23-5-7-27-8-6-23/h9-10H,1-8,11H2,(H,21,26). The molecule has 0 atom stereocenters. The largest absolute Gasteiger partial charge is 0.378 e. The Morgan fingerprint density at radius 2 is 1.52 bits per heavy atom. The van der Waals surface area contributed by atoms with Crippen LogP contribution in [0, 0.1) is 0 Å². The van der Waals surface area contributed by atoms with Gasteiger partial charge >= 0.3 is 6.03 Å². The first-order valence-corrected chi connectivity index (χ1v) is 9.86. The molecule has 2 aliphatic rings. The van der Waals surface area contributed by atoms with Crippen molar-refractivity contribution >= 4 is 52.4 Å². The molecule has 2 aliphatic heterocycles. The number of carbonyl (C=O) groups is 2. The zero-order valence-corrected chi connectivity index (χ0v) is 17.0. The molecule has 0 bridgehead atoms. The summed E-state index contributed by atoms with van der Waals surface area (Å²) >= 11 is 18.0. The van der Waals surface area contributed by atoms with Crippen LogP contribution < -0.4 is 5.32 Å². The highest BCUT2D eigenvalue weighted by Gasteiger charge is 2.25. The molecule has 1 aromatic carbocycles. The van der Waals surface area contributed by atoms with Gasteiger partial charge in [0.15, 0.2) is 0 Å². The van der Waals surface area contributed by atoms with Gasteiger partial charge in [-0.05, 0) is 12.1 Å². The van der Waals surface area contributed by atoms with E-state index in [4.69, 9.17) is 39.5 Å². The second-order valence-electron chi connectivity index (χ2n) is 6.43. The molecule has 1 N–H and O–H groups in total. The quantitative estimate of drug-likeness (QED) is 0.741. The molecule has 7 nitrogen and oxygen atoms in total. The van der Waals surface area contributed by atoms with Crippen molar-refractivity contribution in [2.45, 2.75) is 0 Å². The van der Waals surface area contributed by atoms with Crippen LogP contribution in [-0.4, -0.2) is 85.7 Å². The number of halogens is 3. The van der Waals surface area contributed by atoms with E-state index < -0.39 is 0 Å². The van der Waals surface area contributed by atoms with Gasteiger partial charge in [0.1, 0.15) is 0 Å². The van der Waals surface area contributed by atoms with E-state index in [1.54, 1.807) is 4.90 Å². The van der Waals surface area contributed by atoms with Gasteiger partial charge in [0.2, 0.25) is 5.91 Å². The first kappa shape index (κ1) is 20.5. The molecule has 0 aromatic heterocycles. The third-order valence-corrected chi connectivity index (χ3v) is 5.67. The van der Waals surface area contributed by atoms with Gasteiger partial charge in [-0.15, -0.1) is 0 Å². The maximum Gasteiger partial charge on any atom is 0.321 e. The molecule has 0 unspecified atom stereocenters. The van der Waals surface area contributed by atoms with Crippen LogP contribution in [0.1, 0.15) is 0 Å². The highest BCUT2D eigenvalue weighted by atomic mass is 35.5. The summed E-state index contributed by atoms with van der Waals surface area (Å²) in [5.41, 5.74) is 0.418. The number of urea groups is 1. The van der Waals surface area contributed by atoms with E-state index in [9.17, 15) is 9.59 Å². The normalized spacial score (nSPS) is 18.5. The maximum atomic E-state index is 12.5. The lowest BCUT2D eigenvalue weighted by Crippen LogP contribution is -2.53. The predicted octanol–water partition coefficient (Wildman–Crippen LogP) is 2.66. The number of ether oxygens (including phenoxy) is 1. The van der Waals surface area contributed by atoms with Crippen molar-refractivity contribution in [3.63, 3.8) is 0 Å². The molecule has 0 spiro atoms. The Hall–Kier alpha value is -1.25. The van der Waals surface area contributed by atoms with Gasteiger partial charge in [0, 0.05) is 39.3 Å². The molecule has 2 saturated heterocycles. The minimum atomic E-state index is -0.255. The number of benzene rings is 1. The summed E-state index contributed by atoms with van der Waals surface area (Å²) in [5.74, 6) is 0.110. The number of carbonyl (C=O) groups excluding carboxylic acids is 2. The molecule has 0 saturated carbocycles. The van der Waals surface area contributed by atoms with Crippen LogP contribution in [0.5, 0.6) is 0 Å². The van der Waals surface area contributed by atoms with Gasteiger partial charge in [-0.1, -0.05) is 34.8 Å². The molecular formula is C17H21Cl3N4O3. The van der Waals surface area contributed by atoms with Crippen molar-refractivity contribution in [1.29, 1.82) is 0 Å². The van der Waals surface area contributed by atoms with Crippen LogP contribution in [0.15, 0.2) is 12.1 Å². The van der Waals surface area contributed by atoms with Crippen LogP contribution in [0.2, 0.25) is 15.1 Å². The van der Waals surface area contributed by atoms with Crippen LogP contribution in [0.4, 0.5) is 10.5 Å². The zero-order chi connectivity index (χ0) is 19.4. The molecule has 10 heteroatoms. The Labute approximate surface area is 173 Å². The molecule has 3 amide bonds. The highest BCUT2D eigenvalue weighted by molar-refractivity contribution is 6.44. The topological polar surface area (TPSA) is 65.1 Å². The molecule has 3 rings (SSSR count).